The highest BCUT2D eigenvalue weighted by molar-refractivity contribution is 5.79. The molecular formula is C19H36N4O2. The van der Waals surface area contributed by atoms with Crippen LogP contribution in [0.2, 0.25) is 0 Å². The fraction of sp³-hybridized carbons (Fsp3) is 0.789. The van der Waals surface area contributed by atoms with E-state index < -0.39 is 0 Å². The fourth-order valence-electron chi connectivity index (χ4n) is 2.73. The van der Waals surface area contributed by atoms with Gasteiger partial charge >= 0.3 is 0 Å². The number of nitrogens with one attached hydrogen (secondary N) is 2. The maximum Gasteiger partial charge on any atom is 0.191 e. The molecule has 0 bridgehead atoms. The molecule has 1 heterocycles. The van der Waals surface area contributed by atoms with Gasteiger partial charge in [0.15, 0.2) is 11.7 Å². The van der Waals surface area contributed by atoms with Crippen molar-refractivity contribution in [3.8, 4) is 0 Å². The van der Waals surface area contributed by atoms with Crippen molar-refractivity contribution in [2.75, 3.05) is 20.2 Å². The molecule has 6 heteroatoms. The number of hydrogen-bond acceptors (Lipinski definition) is 4. The largest absolute Gasteiger partial charge is 0.379 e. The molecule has 1 rings (SSSR count). The lowest BCUT2D eigenvalue weighted by Crippen LogP contribution is -2.45. The van der Waals surface area contributed by atoms with Crippen LogP contribution in [0.25, 0.3) is 0 Å². The summed E-state index contributed by atoms with van der Waals surface area (Å²) in [5, 5.41) is 10.8. The van der Waals surface area contributed by atoms with Crippen LogP contribution in [0.15, 0.2) is 15.6 Å². The van der Waals surface area contributed by atoms with E-state index in [2.05, 4.69) is 62.3 Å². The van der Waals surface area contributed by atoms with Gasteiger partial charge in [0.25, 0.3) is 0 Å². The first kappa shape index (κ1) is 21.5. The van der Waals surface area contributed by atoms with Crippen LogP contribution in [0, 0.1) is 5.41 Å². The third-order valence-electron chi connectivity index (χ3n) is 4.42. The van der Waals surface area contributed by atoms with Gasteiger partial charge in [0.05, 0.1) is 11.8 Å². The molecule has 25 heavy (non-hydrogen) atoms. The number of aromatic nitrogens is 1. The molecule has 1 unspecified atom stereocenters. The van der Waals surface area contributed by atoms with E-state index >= 15 is 0 Å². The number of guanidine groups is 1. The van der Waals surface area contributed by atoms with Crippen LogP contribution in [0.1, 0.15) is 71.8 Å². The molecule has 1 atom stereocenters. The Labute approximate surface area is 152 Å². The predicted molar refractivity (Wildman–Crippen MR) is 103 cm³/mol. The molecule has 144 valence electrons. The van der Waals surface area contributed by atoms with Crippen LogP contribution >= 0.6 is 0 Å². The minimum absolute atomic E-state index is 0.0637. The number of aliphatic imine (C=N–C) groups is 1. The molecule has 0 amide bonds. The number of hydrogen-bond donors (Lipinski definition) is 2. The Morgan fingerprint density at radius 1 is 1.24 bits per heavy atom. The summed E-state index contributed by atoms with van der Waals surface area (Å²) >= 11 is 0. The Balaban J connectivity index is 2.69. The van der Waals surface area contributed by atoms with Gasteiger partial charge in [-0.15, -0.1) is 0 Å². The highest BCUT2D eigenvalue weighted by Crippen LogP contribution is 2.23. The SMILES string of the molecule is CCNC(=NCc1cc(C(CC)CC)no1)NCC(OC)C(C)(C)C. The highest BCUT2D eigenvalue weighted by Gasteiger charge is 2.24. The van der Waals surface area contributed by atoms with Crippen molar-refractivity contribution >= 4 is 5.96 Å². The van der Waals surface area contributed by atoms with Crippen LogP contribution in [0.4, 0.5) is 0 Å². The number of nitrogens with zero attached hydrogens (tertiary/aromatic N) is 2. The van der Waals surface area contributed by atoms with E-state index in [0.717, 1.165) is 36.8 Å². The lowest BCUT2D eigenvalue weighted by Gasteiger charge is -2.30. The molecule has 0 aliphatic heterocycles. The molecule has 1 aromatic heterocycles. The summed E-state index contributed by atoms with van der Waals surface area (Å²) in [6, 6.07) is 2.03. The summed E-state index contributed by atoms with van der Waals surface area (Å²) in [5.41, 5.74) is 1.09. The molecule has 0 saturated carbocycles. The van der Waals surface area contributed by atoms with Gasteiger partial charge in [0, 0.05) is 32.2 Å². The van der Waals surface area contributed by atoms with Crippen LogP contribution in [0.5, 0.6) is 0 Å². The molecule has 1 aromatic rings. The van der Waals surface area contributed by atoms with Crippen molar-refractivity contribution in [1.82, 2.24) is 15.8 Å². The van der Waals surface area contributed by atoms with Gasteiger partial charge in [0.1, 0.15) is 6.54 Å². The standard InChI is InChI=1S/C19H36N4O2/c1-8-14(9-2)16-11-15(25-23-16)12-21-18(20-10-3)22-13-17(24-7)19(4,5)6/h11,14,17H,8-10,12-13H2,1-7H3,(H2,20,21,22). The number of ether oxygens (including phenoxy) is 1. The summed E-state index contributed by atoms with van der Waals surface area (Å²) in [6.07, 6.45) is 2.24. The van der Waals surface area contributed by atoms with Gasteiger partial charge in [-0.25, -0.2) is 4.99 Å². The monoisotopic (exact) mass is 352 g/mol. The number of rotatable bonds is 9. The quantitative estimate of drug-likeness (QED) is 0.524. The Hall–Kier alpha value is -1.56. The van der Waals surface area contributed by atoms with Crippen LogP contribution in [0.3, 0.4) is 0 Å². The molecule has 6 nitrogen and oxygen atoms in total. The second kappa shape index (κ2) is 10.4. The van der Waals surface area contributed by atoms with E-state index in [4.69, 9.17) is 9.26 Å². The Morgan fingerprint density at radius 3 is 2.44 bits per heavy atom. The van der Waals surface area contributed by atoms with E-state index in [1.807, 2.05) is 6.07 Å². The second-order valence-electron chi connectivity index (χ2n) is 7.40. The minimum Gasteiger partial charge on any atom is -0.379 e. The maximum absolute atomic E-state index is 5.59. The van der Waals surface area contributed by atoms with Crippen molar-refractivity contribution in [2.24, 2.45) is 10.4 Å². The zero-order valence-corrected chi connectivity index (χ0v) is 17.0. The molecule has 0 radical (unpaired) electrons. The van der Waals surface area contributed by atoms with Gasteiger partial charge in [-0.2, -0.15) is 0 Å². The third kappa shape index (κ3) is 7.06. The van der Waals surface area contributed by atoms with Gasteiger partial charge in [0.2, 0.25) is 0 Å². The summed E-state index contributed by atoms with van der Waals surface area (Å²) in [5.74, 6) is 2.01. The van der Waals surface area contributed by atoms with Crippen LogP contribution in [-0.4, -0.2) is 37.4 Å². The maximum atomic E-state index is 5.59. The fourth-order valence-corrected chi connectivity index (χ4v) is 2.73. The molecule has 2 N–H and O–H groups in total. The highest BCUT2D eigenvalue weighted by atomic mass is 16.5. The Kier molecular flexibility index (Phi) is 8.97. The van der Waals surface area contributed by atoms with Crippen LogP contribution < -0.4 is 10.6 Å². The van der Waals surface area contributed by atoms with E-state index in [1.165, 1.54) is 0 Å². The molecule has 0 aliphatic rings. The van der Waals surface area contributed by atoms with Gasteiger partial charge < -0.3 is 19.9 Å². The van der Waals surface area contributed by atoms with Crippen molar-refractivity contribution in [3.05, 3.63) is 17.5 Å². The zero-order valence-electron chi connectivity index (χ0n) is 17.0. The molecule has 0 aromatic carbocycles. The van der Waals surface area contributed by atoms with E-state index in [-0.39, 0.29) is 11.5 Å². The summed E-state index contributed by atoms with van der Waals surface area (Å²) < 4.78 is 11.0. The zero-order chi connectivity index (χ0) is 18.9. The van der Waals surface area contributed by atoms with E-state index in [9.17, 15) is 0 Å². The minimum atomic E-state index is 0.0637. The average Bonchev–Trinajstić information content (AvgIpc) is 3.01. The third-order valence-corrected chi connectivity index (χ3v) is 4.42. The molecule has 0 fully saturated rings. The summed E-state index contributed by atoms with van der Waals surface area (Å²) in [4.78, 5) is 4.60. The Bertz CT molecular complexity index is 516. The predicted octanol–water partition coefficient (Wildman–Crippen LogP) is 3.69. The smallest absolute Gasteiger partial charge is 0.191 e. The molecule has 0 saturated heterocycles. The van der Waals surface area contributed by atoms with Gasteiger partial charge in [-0.3, -0.25) is 0 Å². The van der Waals surface area contributed by atoms with Gasteiger partial charge in [-0.1, -0.05) is 39.8 Å². The summed E-state index contributed by atoms with van der Waals surface area (Å²) in [7, 11) is 1.75. The number of methoxy groups -OCH3 is 1. The topological polar surface area (TPSA) is 71.7 Å². The van der Waals surface area contributed by atoms with Crippen molar-refractivity contribution in [1.29, 1.82) is 0 Å². The first-order valence-corrected chi connectivity index (χ1v) is 9.36. The van der Waals surface area contributed by atoms with E-state index in [0.29, 0.717) is 19.0 Å². The first-order chi connectivity index (χ1) is 11.8. The normalized spacial score (nSPS) is 14.0. The lowest BCUT2D eigenvalue weighted by atomic mass is 9.89. The molecule has 0 aliphatic carbocycles. The van der Waals surface area contributed by atoms with Gasteiger partial charge in [-0.05, 0) is 25.2 Å². The first-order valence-electron chi connectivity index (χ1n) is 9.36. The van der Waals surface area contributed by atoms with Crippen molar-refractivity contribution in [3.63, 3.8) is 0 Å². The average molecular weight is 353 g/mol. The summed E-state index contributed by atoms with van der Waals surface area (Å²) in [6.45, 7) is 14.9. The van der Waals surface area contributed by atoms with Crippen LogP contribution in [-0.2, 0) is 11.3 Å². The van der Waals surface area contributed by atoms with Crippen molar-refractivity contribution < 1.29 is 9.26 Å². The molecule has 0 spiro atoms. The lowest BCUT2D eigenvalue weighted by molar-refractivity contribution is 0.0205. The van der Waals surface area contributed by atoms with E-state index in [1.54, 1.807) is 7.11 Å². The second-order valence-corrected chi connectivity index (χ2v) is 7.40. The van der Waals surface area contributed by atoms with Crippen molar-refractivity contribution in [2.45, 2.75) is 73.0 Å². The Morgan fingerprint density at radius 2 is 1.92 bits per heavy atom. The molecular weight excluding hydrogens is 316 g/mol.